The summed E-state index contributed by atoms with van der Waals surface area (Å²) in [6.07, 6.45) is 0. The van der Waals surface area contributed by atoms with Crippen LogP contribution in [-0.2, 0) is 6.54 Å². The molecule has 1 aromatic heterocycles. The third-order valence-corrected chi connectivity index (χ3v) is 7.02. The Morgan fingerprint density at radius 2 is 1.88 bits per heavy atom. The number of hydrogen-bond donors (Lipinski definition) is 1. The molecule has 34 heavy (non-hydrogen) atoms. The highest BCUT2D eigenvalue weighted by Crippen LogP contribution is 2.44. The number of hydrogen-bond acceptors (Lipinski definition) is 5. The van der Waals surface area contributed by atoms with Crippen molar-refractivity contribution in [3.8, 4) is 11.5 Å². The maximum absolute atomic E-state index is 13.7. The van der Waals surface area contributed by atoms with E-state index in [4.69, 9.17) is 32.4 Å². The Kier molecular flexibility index (Phi) is 5.80. The van der Waals surface area contributed by atoms with E-state index in [-0.39, 0.29) is 45.8 Å². The van der Waals surface area contributed by atoms with E-state index in [1.165, 1.54) is 18.1 Å². The van der Waals surface area contributed by atoms with E-state index in [1.54, 1.807) is 36.4 Å². The molecule has 6 nitrogen and oxygen atoms in total. The van der Waals surface area contributed by atoms with Gasteiger partial charge in [0.25, 0.3) is 5.91 Å². The zero-order chi connectivity index (χ0) is 24.1. The summed E-state index contributed by atoms with van der Waals surface area (Å²) < 4.78 is 11.6. The van der Waals surface area contributed by atoms with E-state index in [0.717, 1.165) is 0 Å². The highest BCUT2D eigenvalue weighted by atomic mass is 79.9. The minimum atomic E-state index is -0.816. The molecule has 0 saturated heterocycles. The first-order valence-corrected chi connectivity index (χ1v) is 11.7. The van der Waals surface area contributed by atoms with Crippen molar-refractivity contribution in [2.45, 2.75) is 12.6 Å². The molecule has 1 N–H and O–H groups in total. The molecular formula is C25H16BrCl2NO5. The number of methoxy groups -OCH3 is 1. The maximum atomic E-state index is 13.7. The molecule has 1 atom stereocenters. The predicted molar refractivity (Wildman–Crippen MR) is 133 cm³/mol. The smallest absolute Gasteiger partial charge is 0.291 e. The van der Waals surface area contributed by atoms with Gasteiger partial charge in [-0.05, 0) is 63.5 Å². The minimum absolute atomic E-state index is 0.0416. The van der Waals surface area contributed by atoms with Crippen LogP contribution in [0.1, 0.15) is 33.3 Å². The van der Waals surface area contributed by atoms with Gasteiger partial charge in [0.1, 0.15) is 5.58 Å². The third kappa shape index (κ3) is 3.64. The van der Waals surface area contributed by atoms with Gasteiger partial charge >= 0.3 is 0 Å². The zero-order valence-corrected chi connectivity index (χ0v) is 20.7. The van der Waals surface area contributed by atoms with E-state index < -0.39 is 11.9 Å². The lowest BCUT2D eigenvalue weighted by Gasteiger charge is -2.26. The normalized spacial score (nSPS) is 15.1. The molecular weight excluding hydrogens is 545 g/mol. The topological polar surface area (TPSA) is 80.0 Å². The number of rotatable bonds is 4. The summed E-state index contributed by atoms with van der Waals surface area (Å²) in [7, 11) is 1.42. The van der Waals surface area contributed by atoms with Crippen LogP contribution < -0.4 is 10.2 Å². The van der Waals surface area contributed by atoms with Crippen LogP contribution in [0, 0.1) is 0 Å². The molecule has 0 bridgehead atoms. The number of phenolic OH excluding ortho intramolecular Hbond substituents is 1. The van der Waals surface area contributed by atoms with Crippen LogP contribution in [0.2, 0.25) is 10.0 Å². The minimum Gasteiger partial charge on any atom is -0.503 e. The van der Waals surface area contributed by atoms with Crippen LogP contribution in [0.3, 0.4) is 0 Å². The highest BCUT2D eigenvalue weighted by molar-refractivity contribution is 9.10. The number of carbonyl (C=O) groups excluding carboxylic acids is 1. The third-order valence-electron chi connectivity index (χ3n) is 5.81. The van der Waals surface area contributed by atoms with E-state index in [1.807, 2.05) is 12.1 Å². The molecule has 0 unspecified atom stereocenters. The van der Waals surface area contributed by atoms with Crippen LogP contribution >= 0.6 is 39.1 Å². The van der Waals surface area contributed by atoms with Gasteiger partial charge in [0.05, 0.1) is 28.6 Å². The molecule has 4 aromatic rings. The maximum Gasteiger partial charge on any atom is 0.291 e. The molecule has 3 aromatic carbocycles. The number of aromatic hydroxyl groups is 1. The van der Waals surface area contributed by atoms with Crippen molar-refractivity contribution < 1.29 is 19.1 Å². The average Bonchev–Trinajstić information content (AvgIpc) is 3.09. The van der Waals surface area contributed by atoms with Crippen LogP contribution in [-0.4, -0.2) is 23.0 Å². The van der Waals surface area contributed by atoms with Gasteiger partial charge in [-0.2, -0.15) is 0 Å². The van der Waals surface area contributed by atoms with Gasteiger partial charge in [0, 0.05) is 16.6 Å². The molecule has 0 saturated carbocycles. The first-order valence-electron chi connectivity index (χ1n) is 10.2. The first-order chi connectivity index (χ1) is 16.3. The fraction of sp³-hybridized carbons (Fsp3) is 0.120. The summed E-state index contributed by atoms with van der Waals surface area (Å²) in [5, 5.41) is 11.5. The molecule has 1 aliphatic heterocycles. The summed E-state index contributed by atoms with van der Waals surface area (Å²) in [5.74, 6) is -0.390. The molecule has 2 heterocycles. The zero-order valence-electron chi connectivity index (χ0n) is 17.6. The second kappa shape index (κ2) is 8.65. The van der Waals surface area contributed by atoms with Gasteiger partial charge < -0.3 is 19.2 Å². The Hall–Kier alpha value is -3.00. The number of amides is 1. The standard InChI is InChI=1S/C25H16BrCl2NO5/c1-33-19-9-13(8-16(26)23(19)31)21-20-22(30)15-10-14(27)6-7-18(15)34-24(20)25(32)29(21)11-12-4-2-3-5-17(12)28/h2-10,21,31H,11H2,1H3/t21-/m0/s1. The molecule has 0 fully saturated rings. The van der Waals surface area contributed by atoms with Crippen LogP contribution in [0.4, 0.5) is 0 Å². The number of fused-ring (bicyclic) bond motifs is 2. The largest absolute Gasteiger partial charge is 0.503 e. The number of phenols is 1. The molecule has 0 spiro atoms. The van der Waals surface area contributed by atoms with E-state index in [2.05, 4.69) is 15.9 Å². The number of benzene rings is 3. The van der Waals surface area contributed by atoms with Gasteiger partial charge in [0.15, 0.2) is 16.9 Å². The Morgan fingerprint density at radius 1 is 1.12 bits per heavy atom. The van der Waals surface area contributed by atoms with Crippen molar-refractivity contribution in [3.63, 3.8) is 0 Å². The van der Waals surface area contributed by atoms with E-state index in [0.29, 0.717) is 25.6 Å². The van der Waals surface area contributed by atoms with Crippen LogP contribution in [0.15, 0.2) is 68.3 Å². The van der Waals surface area contributed by atoms with Gasteiger partial charge in [-0.15, -0.1) is 0 Å². The summed E-state index contributed by atoms with van der Waals surface area (Å²) in [6, 6.07) is 14.3. The second-order valence-corrected chi connectivity index (χ2v) is 9.49. The van der Waals surface area contributed by atoms with Crippen LogP contribution in [0.5, 0.6) is 11.5 Å². The number of ether oxygens (including phenoxy) is 1. The molecule has 0 aliphatic carbocycles. The molecule has 172 valence electrons. The van der Waals surface area contributed by atoms with Gasteiger partial charge in [-0.25, -0.2) is 0 Å². The van der Waals surface area contributed by atoms with Gasteiger partial charge in [-0.1, -0.05) is 41.4 Å². The summed E-state index contributed by atoms with van der Waals surface area (Å²) >= 11 is 15.8. The van der Waals surface area contributed by atoms with Crippen molar-refractivity contribution in [3.05, 3.63) is 102 Å². The molecule has 1 aliphatic rings. The monoisotopic (exact) mass is 559 g/mol. The first kappa shape index (κ1) is 22.8. The molecule has 1 amide bonds. The fourth-order valence-electron chi connectivity index (χ4n) is 4.22. The number of carbonyl (C=O) groups is 1. The Labute approximate surface area is 212 Å². The van der Waals surface area contributed by atoms with Crippen molar-refractivity contribution in [1.29, 1.82) is 0 Å². The van der Waals surface area contributed by atoms with E-state index >= 15 is 0 Å². The highest BCUT2D eigenvalue weighted by Gasteiger charge is 2.43. The van der Waals surface area contributed by atoms with Gasteiger partial charge in [-0.3, -0.25) is 9.59 Å². The van der Waals surface area contributed by atoms with E-state index in [9.17, 15) is 14.7 Å². The second-order valence-electron chi connectivity index (χ2n) is 7.80. The fourth-order valence-corrected chi connectivity index (χ4v) is 5.05. The SMILES string of the molecule is COc1cc([C@H]2c3c(oc4ccc(Cl)cc4c3=O)C(=O)N2Cc2ccccc2Cl)cc(Br)c1O. The van der Waals surface area contributed by atoms with Crippen molar-refractivity contribution >= 4 is 56.0 Å². The molecule has 5 rings (SSSR count). The Morgan fingerprint density at radius 3 is 2.62 bits per heavy atom. The Bertz CT molecular complexity index is 1530. The van der Waals surface area contributed by atoms with Crippen LogP contribution in [0.25, 0.3) is 11.0 Å². The quantitative estimate of drug-likeness (QED) is 0.316. The number of nitrogens with zero attached hydrogens (tertiary/aromatic N) is 1. The summed E-state index contributed by atoms with van der Waals surface area (Å²) in [6.45, 7) is 0.130. The summed E-state index contributed by atoms with van der Waals surface area (Å²) in [4.78, 5) is 28.8. The summed E-state index contributed by atoms with van der Waals surface area (Å²) in [5.41, 5.74) is 1.35. The number of halogens is 3. The van der Waals surface area contributed by atoms with Gasteiger partial charge in [0.2, 0.25) is 5.76 Å². The lowest BCUT2D eigenvalue weighted by molar-refractivity contribution is 0.0714. The average molecular weight is 561 g/mol. The van der Waals surface area contributed by atoms with Crippen molar-refractivity contribution in [2.24, 2.45) is 0 Å². The lowest BCUT2D eigenvalue weighted by Crippen LogP contribution is -2.29. The molecule has 9 heteroatoms. The Balaban J connectivity index is 1.78. The van der Waals surface area contributed by atoms with Crippen molar-refractivity contribution in [1.82, 2.24) is 4.90 Å². The lowest BCUT2D eigenvalue weighted by atomic mass is 9.97. The predicted octanol–water partition coefficient (Wildman–Crippen LogP) is 6.32. The molecule has 0 radical (unpaired) electrons. The van der Waals surface area contributed by atoms with Crippen molar-refractivity contribution in [2.75, 3.05) is 7.11 Å².